The highest BCUT2D eigenvalue weighted by molar-refractivity contribution is 5.92. The van der Waals surface area contributed by atoms with E-state index >= 15 is 0 Å². The Morgan fingerprint density at radius 1 is 1.53 bits per heavy atom. The van der Waals surface area contributed by atoms with Crippen molar-refractivity contribution < 1.29 is 24.0 Å². The maximum Gasteiger partial charge on any atom is 0.303 e. The van der Waals surface area contributed by atoms with Gasteiger partial charge in [-0.25, -0.2) is 0 Å². The number of nitrogens with one attached hydrogen (secondary N) is 1. The van der Waals surface area contributed by atoms with Crippen molar-refractivity contribution in [2.24, 2.45) is 0 Å². The first-order valence-electron chi connectivity index (χ1n) is 5.83. The van der Waals surface area contributed by atoms with Crippen LogP contribution in [0.25, 0.3) is 0 Å². The van der Waals surface area contributed by atoms with Gasteiger partial charge in [-0.2, -0.15) is 0 Å². The summed E-state index contributed by atoms with van der Waals surface area (Å²) in [6.07, 6.45) is 0.317. The molecule has 1 heterocycles. The van der Waals surface area contributed by atoms with E-state index in [9.17, 15) is 9.59 Å². The average Bonchev–Trinajstić information content (AvgIpc) is 2.75. The second kappa shape index (κ2) is 6.33. The fourth-order valence-electron chi connectivity index (χ4n) is 1.48. The molecular weight excluding hydrogens is 252 g/mol. The van der Waals surface area contributed by atoms with Gasteiger partial charge in [0.1, 0.15) is 6.61 Å². The molecule has 0 aliphatic carbocycles. The number of rotatable bonds is 7. The van der Waals surface area contributed by atoms with E-state index in [4.69, 9.17) is 14.4 Å². The molecule has 7 nitrogen and oxygen atoms in total. The lowest BCUT2D eigenvalue weighted by atomic mass is 9.98. The highest BCUT2D eigenvalue weighted by Gasteiger charge is 2.23. The van der Waals surface area contributed by atoms with Gasteiger partial charge in [-0.3, -0.25) is 9.59 Å². The van der Waals surface area contributed by atoms with Crippen LogP contribution in [0, 0.1) is 0 Å². The lowest BCUT2D eigenvalue weighted by Gasteiger charge is -2.24. The van der Waals surface area contributed by atoms with Crippen molar-refractivity contribution in [2.45, 2.75) is 38.8 Å². The fraction of sp³-hybridized carbons (Fsp3) is 0.583. The fourth-order valence-corrected chi connectivity index (χ4v) is 1.48. The second-order valence-corrected chi connectivity index (χ2v) is 4.84. The Bertz CT molecular complexity index is 453. The van der Waals surface area contributed by atoms with Crippen LogP contribution in [0.4, 0.5) is 0 Å². The van der Waals surface area contributed by atoms with Crippen LogP contribution in [-0.4, -0.2) is 34.8 Å². The molecule has 0 bridgehead atoms. The van der Waals surface area contributed by atoms with Crippen LogP contribution in [0.2, 0.25) is 0 Å². The molecule has 0 saturated heterocycles. The topological polar surface area (TPSA) is 102 Å². The molecule has 1 rings (SSSR count). The molecule has 0 spiro atoms. The minimum atomic E-state index is -0.897. The largest absolute Gasteiger partial charge is 0.481 e. The molecule has 0 radical (unpaired) electrons. The van der Waals surface area contributed by atoms with Crippen LogP contribution < -0.4 is 5.32 Å². The zero-order valence-corrected chi connectivity index (χ0v) is 11.2. The maximum atomic E-state index is 11.9. The van der Waals surface area contributed by atoms with Crippen LogP contribution in [0.3, 0.4) is 0 Å². The Hall–Kier alpha value is -1.89. The predicted octanol–water partition coefficient (Wildman–Crippen LogP) is 1.19. The average molecular weight is 270 g/mol. The van der Waals surface area contributed by atoms with Crippen LogP contribution in [0.15, 0.2) is 10.6 Å². The van der Waals surface area contributed by atoms with Gasteiger partial charge in [0.05, 0.1) is 0 Å². The minimum Gasteiger partial charge on any atom is -0.481 e. The van der Waals surface area contributed by atoms with Gasteiger partial charge in [0.15, 0.2) is 11.5 Å². The number of carboxylic acid groups (broad SMARTS) is 1. The van der Waals surface area contributed by atoms with Gasteiger partial charge in [0.2, 0.25) is 0 Å². The summed E-state index contributed by atoms with van der Waals surface area (Å²) in [5.41, 5.74) is -0.481. The van der Waals surface area contributed by atoms with Crippen LogP contribution >= 0.6 is 0 Å². The first kappa shape index (κ1) is 15.2. The molecular formula is C12H18N2O5. The van der Waals surface area contributed by atoms with E-state index in [0.717, 1.165) is 0 Å². The zero-order valence-electron chi connectivity index (χ0n) is 11.2. The number of hydrogen-bond donors (Lipinski definition) is 2. The van der Waals surface area contributed by atoms with Crippen LogP contribution in [0.1, 0.15) is 42.9 Å². The second-order valence-electron chi connectivity index (χ2n) is 4.84. The molecule has 0 aliphatic rings. The molecule has 0 unspecified atom stereocenters. The molecule has 0 aliphatic heterocycles. The van der Waals surface area contributed by atoms with Crippen molar-refractivity contribution in [3.05, 3.63) is 17.5 Å². The van der Waals surface area contributed by atoms with Gasteiger partial charge in [-0.1, -0.05) is 5.16 Å². The molecule has 0 aromatic carbocycles. The Labute approximate surface area is 110 Å². The van der Waals surface area contributed by atoms with Gasteiger partial charge in [0, 0.05) is 25.1 Å². The number of methoxy groups -OCH3 is 1. The maximum absolute atomic E-state index is 11.9. The van der Waals surface area contributed by atoms with E-state index < -0.39 is 17.4 Å². The zero-order chi connectivity index (χ0) is 14.5. The number of carboxylic acids is 1. The Kier molecular flexibility index (Phi) is 5.05. The third-order valence-corrected chi connectivity index (χ3v) is 2.49. The number of carbonyl (C=O) groups excluding carboxylic acids is 1. The van der Waals surface area contributed by atoms with Gasteiger partial charge in [-0.15, -0.1) is 0 Å². The van der Waals surface area contributed by atoms with Crippen LogP contribution in [0.5, 0.6) is 0 Å². The minimum absolute atomic E-state index is 0.0129. The molecule has 0 saturated carbocycles. The van der Waals surface area contributed by atoms with E-state index in [-0.39, 0.29) is 18.7 Å². The van der Waals surface area contributed by atoms with Crippen molar-refractivity contribution in [1.82, 2.24) is 10.5 Å². The number of hydrogen-bond acceptors (Lipinski definition) is 5. The molecule has 19 heavy (non-hydrogen) atoms. The monoisotopic (exact) mass is 270 g/mol. The first-order valence-corrected chi connectivity index (χ1v) is 5.83. The smallest absolute Gasteiger partial charge is 0.303 e. The summed E-state index contributed by atoms with van der Waals surface area (Å²) >= 11 is 0. The summed E-state index contributed by atoms with van der Waals surface area (Å²) in [7, 11) is 1.51. The molecule has 106 valence electrons. The number of aliphatic carboxylic acids is 1. The lowest BCUT2D eigenvalue weighted by Crippen LogP contribution is -2.43. The van der Waals surface area contributed by atoms with Gasteiger partial charge < -0.3 is 19.7 Å². The van der Waals surface area contributed by atoms with Crippen molar-refractivity contribution in [2.75, 3.05) is 7.11 Å². The quantitative estimate of drug-likeness (QED) is 0.771. The van der Waals surface area contributed by atoms with Crippen molar-refractivity contribution >= 4 is 11.9 Å². The lowest BCUT2D eigenvalue weighted by molar-refractivity contribution is -0.137. The summed E-state index contributed by atoms with van der Waals surface area (Å²) < 4.78 is 9.76. The van der Waals surface area contributed by atoms with Crippen molar-refractivity contribution in [3.63, 3.8) is 0 Å². The number of nitrogens with zero attached hydrogens (tertiary/aromatic N) is 1. The first-order chi connectivity index (χ1) is 8.84. The molecule has 1 amide bonds. The third kappa shape index (κ3) is 5.09. The highest BCUT2D eigenvalue weighted by Crippen LogP contribution is 2.13. The van der Waals surface area contributed by atoms with Gasteiger partial charge in [0.25, 0.3) is 5.91 Å². The Balaban J connectivity index is 2.59. The molecule has 0 fully saturated rings. The number of aromatic nitrogens is 1. The van der Waals surface area contributed by atoms with E-state index in [1.54, 1.807) is 13.8 Å². The standard InChI is InChI=1S/C12H18N2O5/c1-12(2,5-4-10(15)16)13-11(17)9-6-8(7-18-3)19-14-9/h6H,4-5,7H2,1-3H3,(H,13,17)(H,15,16). The SMILES string of the molecule is COCc1cc(C(=O)NC(C)(C)CCC(=O)O)no1. The van der Waals surface area contributed by atoms with E-state index in [2.05, 4.69) is 10.5 Å². The predicted molar refractivity (Wildman–Crippen MR) is 65.6 cm³/mol. The summed E-state index contributed by atoms with van der Waals surface area (Å²) in [6.45, 7) is 3.75. The third-order valence-electron chi connectivity index (χ3n) is 2.49. The summed E-state index contributed by atoms with van der Waals surface area (Å²) in [4.78, 5) is 22.4. The summed E-state index contributed by atoms with van der Waals surface area (Å²) in [6, 6.07) is 1.49. The number of ether oxygens (including phenoxy) is 1. The van der Waals surface area contributed by atoms with Gasteiger partial charge in [-0.05, 0) is 20.3 Å². The number of amides is 1. The Morgan fingerprint density at radius 2 is 2.21 bits per heavy atom. The number of carbonyl (C=O) groups is 2. The van der Waals surface area contributed by atoms with E-state index in [1.165, 1.54) is 13.2 Å². The molecule has 0 atom stereocenters. The highest BCUT2D eigenvalue weighted by atomic mass is 16.5. The molecule has 1 aromatic rings. The van der Waals surface area contributed by atoms with Crippen molar-refractivity contribution in [3.8, 4) is 0 Å². The Morgan fingerprint density at radius 3 is 2.79 bits per heavy atom. The normalized spacial score (nSPS) is 11.3. The summed E-state index contributed by atoms with van der Waals surface area (Å²) in [5, 5.41) is 15.0. The summed E-state index contributed by atoms with van der Waals surface area (Å²) in [5.74, 6) is -0.844. The van der Waals surface area contributed by atoms with E-state index in [0.29, 0.717) is 12.2 Å². The van der Waals surface area contributed by atoms with Gasteiger partial charge >= 0.3 is 5.97 Å². The van der Waals surface area contributed by atoms with Crippen LogP contribution in [-0.2, 0) is 16.1 Å². The molecule has 7 heteroatoms. The molecule has 2 N–H and O–H groups in total. The van der Waals surface area contributed by atoms with E-state index in [1.807, 2.05) is 0 Å². The molecule has 1 aromatic heterocycles. The van der Waals surface area contributed by atoms with Crippen molar-refractivity contribution in [1.29, 1.82) is 0 Å².